The molecule has 132 valence electrons. The van der Waals surface area contributed by atoms with Crippen molar-refractivity contribution >= 4 is 45.7 Å². The Balaban J connectivity index is 4.51. The predicted octanol–water partition coefficient (Wildman–Crippen LogP) is 1.43. The minimum atomic E-state index is -0.625. The molecule has 0 radical (unpaired) electrons. The summed E-state index contributed by atoms with van der Waals surface area (Å²) in [7, 11) is 0. The number of rotatable bonds is 10. The Kier molecular flexibility index (Phi) is 11.8. The second kappa shape index (κ2) is 12.4. The van der Waals surface area contributed by atoms with Crippen molar-refractivity contribution in [3.05, 3.63) is 0 Å². The molecule has 1 unspecified atom stereocenters. The van der Waals surface area contributed by atoms with Crippen molar-refractivity contribution in [3.63, 3.8) is 0 Å². The van der Waals surface area contributed by atoms with Gasteiger partial charge in [0.2, 0.25) is 0 Å². The molecule has 0 saturated carbocycles. The molecule has 0 rings (SSSR count). The van der Waals surface area contributed by atoms with Crippen LogP contribution in [0.15, 0.2) is 0 Å². The van der Waals surface area contributed by atoms with Crippen LogP contribution in [0.3, 0.4) is 0 Å². The summed E-state index contributed by atoms with van der Waals surface area (Å²) in [5.74, 6) is -0.514. The molecule has 0 N–H and O–H groups in total. The average Bonchev–Trinajstić information content (AvgIpc) is 2.42. The van der Waals surface area contributed by atoms with Gasteiger partial charge in [-0.15, -0.1) is 0 Å². The summed E-state index contributed by atoms with van der Waals surface area (Å²) in [5.41, 5.74) is 0. The molecular formula is C14H22O7S2. The standard InChI is InChI=1S/C14H22O7S2/c1-9(15)19-5-13(6-20-10(2)16)21-7-14(23-12(4)18)8-22-11(3)17/h13-14H,5-8H2,1-4H3. The molecule has 0 amide bonds. The van der Waals surface area contributed by atoms with Crippen molar-refractivity contribution < 1.29 is 33.4 Å². The van der Waals surface area contributed by atoms with Gasteiger partial charge in [0.25, 0.3) is 0 Å². The summed E-state index contributed by atoms with van der Waals surface area (Å²) in [6, 6.07) is 0. The van der Waals surface area contributed by atoms with Crippen LogP contribution in [-0.2, 0) is 33.4 Å². The molecule has 1 atom stereocenters. The zero-order chi connectivity index (χ0) is 17.8. The average molecular weight is 366 g/mol. The topological polar surface area (TPSA) is 96.0 Å². The Hall–Kier alpha value is -1.06. The third kappa shape index (κ3) is 14.3. The molecule has 0 saturated heterocycles. The molecule has 0 spiro atoms. The first kappa shape index (κ1) is 21.9. The lowest BCUT2D eigenvalue weighted by Crippen LogP contribution is -2.31. The van der Waals surface area contributed by atoms with E-state index in [9.17, 15) is 19.2 Å². The maximum absolute atomic E-state index is 11.2. The SMILES string of the molecule is CC(=O)OCC(COC(C)=O)OCC(CSC(C)=O)SC(C)=O. The molecule has 0 aromatic heterocycles. The fourth-order valence-electron chi connectivity index (χ4n) is 1.37. The van der Waals surface area contributed by atoms with Crippen LogP contribution in [-0.4, -0.2) is 59.1 Å². The lowest BCUT2D eigenvalue weighted by molar-refractivity contribution is -0.152. The summed E-state index contributed by atoms with van der Waals surface area (Å²) in [5, 5.41) is -0.353. The Bertz CT molecular complexity index is 407. The fraction of sp³-hybridized carbons (Fsp3) is 0.714. The number of hydrogen-bond donors (Lipinski definition) is 0. The lowest BCUT2D eigenvalue weighted by atomic mass is 10.4. The van der Waals surface area contributed by atoms with E-state index in [-0.39, 0.29) is 35.3 Å². The van der Waals surface area contributed by atoms with E-state index in [0.717, 1.165) is 23.5 Å². The molecule has 9 heteroatoms. The first-order chi connectivity index (χ1) is 10.7. The van der Waals surface area contributed by atoms with E-state index < -0.39 is 18.0 Å². The van der Waals surface area contributed by atoms with E-state index in [1.54, 1.807) is 0 Å². The van der Waals surface area contributed by atoms with Crippen LogP contribution in [0, 0.1) is 0 Å². The fourth-order valence-corrected chi connectivity index (χ4v) is 2.98. The van der Waals surface area contributed by atoms with Gasteiger partial charge in [0, 0.05) is 38.7 Å². The Labute approximate surface area is 144 Å². The Morgan fingerprint density at radius 3 is 1.74 bits per heavy atom. The third-order valence-electron chi connectivity index (χ3n) is 2.27. The first-order valence-electron chi connectivity index (χ1n) is 6.89. The molecule has 0 aromatic carbocycles. The monoisotopic (exact) mass is 366 g/mol. The van der Waals surface area contributed by atoms with Gasteiger partial charge in [-0.1, -0.05) is 23.5 Å². The number of esters is 2. The van der Waals surface area contributed by atoms with Gasteiger partial charge in [-0.05, 0) is 0 Å². The maximum atomic E-state index is 11.2. The van der Waals surface area contributed by atoms with Crippen LogP contribution in [0.2, 0.25) is 0 Å². The number of ether oxygens (including phenoxy) is 3. The lowest BCUT2D eigenvalue weighted by Gasteiger charge is -2.20. The number of hydrogen-bond acceptors (Lipinski definition) is 9. The van der Waals surface area contributed by atoms with Gasteiger partial charge in [-0.3, -0.25) is 19.2 Å². The van der Waals surface area contributed by atoms with Gasteiger partial charge in [0.05, 0.1) is 6.61 Å². The molecule has 0 fully saturated rings. The molecule has 0 aromatic rings. The summed E-state index contributed by atoms with van der Waals surface area (Å²) < 4.78 is 15.3. The van der Waals surface area contributed by atoms with Crippen molar-refractivity contribution in [3.8, 4) is 0 Å². The largest absolute Gasteiger partial charge is 0.463 e. The molecule has 7 nitrogen and oxygen atoms in total. The smallest absolute Gasteiger partial charge is 0.302 e. The van der Waals surface area contributed by atoms with Gasteiger partial charge >= 0.3 is 11.9 Å². The third-order valence-corrected chi connectivity index (χ3v) is 4.42. The second-order valence-electron chi connectivity index (χ2n) is 4.59. The summed E-state index contributed by atoms with van der Waals surface area (Å²) >= 11 is 2.19. The van der Waals surface area contributed by atoms with Gasteiger partial charge in [-0.2, -0.15) is 0 Å². The molecule has 0 bridgehead atoms. The number of carbonyl (C=O) groups excluding carboxylic acids is 4. The van der Waals surface area contributed by atoms with Crippen LogP contribution in [0.5, 0.6) is 0 Å². The molecule has 0 aliphatic heterocycles. The highest BCUT2D eigenvalue weighted by atomic mass is 32.2. The highest BCUT2D eigenvalue weighted by Crippen LogP contribution is 2.19. The summed E-state index contributed by atoms with van der Waals surface area (Å²) in [6.45, 7) is 5.47. The highest BCUT2D eigenvalue weighted by molar-refractivity contribution is 8.17. The van der Waals surface area contributed by atoms with Crippen molar-refractivity contribution in [1.82, 2.24) is 0 Å². The van der Waals surface area contributed by atoms with Crippen LogP contribution < -0.4 is 0 Å². The van der Waals surface area contributed by atoms with E-state index in [4.69, 9.17) is 14.2 Å². The van der Waals surface area contributed by atoms with Crippen LogP contribution in [0.25, 0.3) is 0 Å². The molecular weight excluding hydrogens is 344 g/mol. The van der Waals surface area contributed by atoms with E-state index in [0.29, 0.717) is 5.75 Å². The number of carbonyl (C=O) groups is 4. The van der Waals surface area contributed by atoms with E-state index in [2.05, 4.69) is 0 Å². The van der Waals surface area contributed by atoms with Crippen LogP contribution in [0.4, 0.5) is 0 Å². The molecule has 0 aliphatic carbocycles. The molecule has 0 heterocycles. The number of thioether (sulfide) groups is 2. The van der Waals surface area contributed by atoms with Crippen molar-refractivity contribution in [2.45, 2.75) is 39.0 Å². The maximum Gasteiger partial charge on any atom is 0.302 e. The second-order valence-corrected chi connectivity index (χ2v) is 7.27. The Morgan fingerprint density at radius 2 is 1.35 bits per heavy atom. The molecule has 23 heavy (non-hydrogen) atoms. The van der Waals surface area contributed by atoms with Crippen LogP contribution >= 0.6 is 23.5 Å². The molecule has 0 aliphatic rings. The van der Waals surface area contributed by atoms with Crippen molar-refractivity contribution in [2.75, 3.05) is 25.6 Å². The highest BCUT2D eigenvalue weighted by Gasteiger charge is 2.19. The van der Waals surface area contributed by atoms with Crippen molar-refractivity contribution in [1.29, 1.82) is 0 Å². The summed E-state index contributed by atoms with van der Waals surface area (Å²) in [4.78, 5) is 44.0. The van der Waals surface area contributed by atoms with Gasteiger partial charge < -0.3 is 14.2 Å². The summed E-state index contributed by atoms with van der Waals surface area (Å²) in [6.07, 6.45) is -0.625. The van der Waals surface area contributed by atoms with Gasteiger partial charge in [-0.25, -0.2) is 0 Å². The minimum Gasteiger partial charge on any atom is -0.463 e. The Morgan fingerprint density at radius 1 is 0.826 bits per heavy atom. The van der Waals surface area contributed by atoms with E-state index in [1.807, 2.05) is 0 Å². The zero-order valence-electron chi connectivity index (χ0n) is 13.7. The van der Waals surface area contributed by atoms with Gasteiger partial charge in [0.1, 0.15) is 19.3 Å². The van der Waals surface area contributed by atoms with Gasteiger partial charge in [0.15, 0.2) is 10.2 Å². The predicted molar refractivity (Wildman–Crippen MR) is 88.2 cm³/mol. The first-order valence-corrected chi connectivity index (χ1v) is 8.76. The van der Waals surface area contributed by atoms with E-state index >= 15 is 0 Å². The zero-order valence-corrected chi connectivity index (χ0v) is 15.3. The quantitative estimate of drug-likeness (QED) is 0.532. The normalized spacial score (nSPS) is 11.9. The van der Waals surface area contributed by atoms with Crippen LogP contribution in [0.1, 0.15) is 27.7 Å². The van der Waals surface area contributed by atoms with E-state index in [1.165, 1.54) is 27.7 Å². The van der Waals surface area contributed by atoms with Crippen molar-refractivity contribution in [2.24, 2.45) is 0 Å². The minimum absolute atomic E-state index is 0.0458.